The van der Waals surface area contributed by atoms with Crippen LogP contribution in [0.4, 0.5) is 18.0 Å². The number of carbonyl (C=O) groups excluding carboxylic acids is 2. The van der Waals surface area contributed by atoms with Crippen molar-refractivity contribution in [2.45, 2.75) is 25.6 Å². The fraction of sp³-hybridized carbons (Fsp3) is 0.667. The molecule has 102 valence electrons. The van der Waals surface area contributed by atoms with E-state index in [1.807, 2.05) is 0 Å². The molecule has 0 saturated carbocycles. The van der Waals surface area contributed by atoms with E-state index < -0.39 is 23.7 Å². The third kappa shape index (κ3) is 2.54. The highest BCUT2D eigenvalue weighted by Gasteiger charge is 2.54. The van der Waals surface area contributed by atoms with E-state index in [0.29, 0.717) is 5.01 Å². The van der Waals surface area contributed by atoms with Crippen LogP contribution in [0.3, 0.4) is 0 Å². The zero-order valence-electron chi connectivity index (χ0n) is 10.3. The zero-order chi connectivity index (χ0) is 14.3. The van der Waals surface area contributed by atoms with Gasteiger partial charge in [0.1, 0.15) is 5.54 Å². The number of nitrogens with one attached hydrogen (secondary N) is 2. The van der Waals surface area contributed by atoms with Crippen molar-refractivity contribution in [3.8, 4) is 0 Å². The van der Waals surface area contributed by atoms with Gasteiger partial charge in [0.25, 0.3) is 0 Å². The van der Waals surface area contributed by atoms with Gasteiger partial charge in [0, 0.05) is 0 Å². The summed E-state index contributed by atoms with van der Waals surface area (Å²) >= 11 is 0. The quantitative estimate of drug-likeness (QED) is 0.660. The monoisotopic (exact) mass is 267 g/mol. The summed E-state index contributed by atoms with van der Waals surface area (Å²) in [6.07, 6.45) is -5.05. The Morgan fingerprint density at radius 2 is 1.89 bits per heavy atom. The maximum Gasteiger partial charge on any atom is 0.474 e. The fourth-order valence-corrected chi connectivity index (χ4v) is 1.78. The Morgan fingerprint density at radius 1 is 1.39 bits per heavy atom. The van der Waals surface area contributed by atoms with E-state index in [-0.39, 0.29) is 5.84 Å². The van der Waals surface area contributed by atoms with Gasteiger partial charge >= 0.3 is 24.0 Å². The third-order valence-corrected chi connectivity index (χ3v) is 2.29. The van der Waals surface area contributed by atoms with Gasteiger partial charge in [-0.05, 0) is 13.8 Å². The topological polar surface area (TPSA) is 64.5 Å². The first kappa shape index (κ1) is 14.3. The van der Waals surface area contributed by atoms with E-state index in [1.165, 1.54) is 10.0 Å². The van der Waals surface area contributed by atoms with Crippen LogP contribution in [-0.2, 0) is 4.79 Å². The smallest absolute Gasteiger partial charge is 0.299 e. The Morgan fingerprint density at radius 3 is 2.28 bits per heavy atom. The highest BCUT2D eigenvalue weighted by atomic mass is 19.4. The molecule has 0 aliphatic carbocycles. The number of hydrogen-bond acceptors (Lipinski definition) is 2. The van der Waals surface area contributed by atoms with Crippen molar-refractivity contribution in [3.05, 3.63) is 0 Å². The van der Waals surface area contributed by atoms with Crippen molar-refractivity contribution in [3.63, 3.8) is 0 Å². The summed E-state index contributed by atoms with van der Waals surface area (Å²) in [5, 5.41) is 3.02. The fourth-order valence-electron chi connectivity index (χ4n) is 1.78. The maximum absolute atomic E-state index is 12.2. The molecule has 0 atom stereocenters. The van der Waals surface area contributed by atoms with Crippen LogP contribution < -0.4 is 10.7 Å². The Kier molecular flexibility index (Phi) is 3.28. The van der Waals surface area contributed by atoms with Crippen LogP contribution in [0.25, 0.3) is 0 Å². The van der Waals surface area contributed by atoms with Crippen LogP contribution in [0, 0.1) is 0 Å². The number of amides is 3. The number of amidine groups is 1. The zero-order valence-corrected chi connectivity index (χ0v) is 10.3. The summed E-state index contributed by atoms with van der Waals surface area (Å²) in [5.74, 6) is -1.99. The Bertz CT molecular complexity index is 424. The van der Waals surface area contributed by atoms with E-state index in [9.17, 15) is 22.8 Å². The number of carbonyl (C=O) groups is 2. The van der Waals surface area contributed by atoms with Gasteiger partial charge < -0.3 is 0 Å². The predicted molar refractivity (Wildman–Crippen MR) is 55.8 cm³/mol. The van der Waals surface area contributed by atoms with Crippen LogP contribution in [0.2, 0.25) is 0 Å². The molecular formula is C9H14F3N4O2+. The van der Waals surface area contributed by atoms with Crippen molar-refractivity contribution in [2.24, 2.45) is 0 Å². The second kappa shape index (κ2) is 4.14. The molecule has 1 saturated heterocycles. The molecule has 1 aliphatic heterocycles. The number of hydrogen-bond donors (Lipinski definition) is 2. The number of halogens is 3. The Balaban J connectivity index is 3.06. The van der Waals surface area contributed by atoms with Gasteiger partial charge in [0.2, 0.25) is 0 Å². The first-order chi connectivity index (χ1) is 7.97. The first-order valence-electron chi connectivity index (χ1n) is 5.01. The molecule has 1 aliphatic rings. The molecule has 0 spiro atoms. The summed E-state index contributed by atoms with van der Waals surface area (Å²) in [5.41, 5.74) is 0.659. The number of hydrazine groups is 1. The molecular weight excluding hydrogens is 253 g/mol. The van der Waals surface area contributed by atoms with E-state index in [0.717, 1.165) is 0 Å². The SMILES string of the molecule is C[N+](C)=C1N(NC(=O)C(F)(F)F)C(=O)NC1(C)C. The third-order valence-electron chi connectivity index (χ3n) is 2.29. The molecule has 18 heavy (non-hydrogen) atoms. The molecule has 0 bridgehead atoms. The van der Waals surface area contributed by atoms with Crippen LogP contribution >= 0.6 is 0 Å². The lowest BCUT2D eigenvalue weighted by Gasteiger charge is -2.17. The van der Waals surface area contributed by atoms with Crippen molar-refractivity contribution in [2.75, 3.05) is 14.1 Å². The average molecular weight is 267 g/mol. The summed E-state index contributed by atoms with van der Waals surface area (Å²) in [4.78, 5) is 22.4. The maximum atomic E-state index is 12.2. The average Bonchev–Trinajstić information content (AvgIpc) is 2.34. The number of nitrogens with zero attached hydrogens (tertiary/aromatic N) is 2. The van der Waals surface area contributed by atoms with E-state index in [4.69, 9.17) is 0 Å². The van der Waals surface area contributed by atoms with Gasteiger partial charge in [-0.15, -0.1) is 0 Å². The summed E-state index contributed by atoms with van der Waals surface area (Å²) in [6.45, 7) is 3.22. The van der Waals surface area contributed by atoms with Crippen LogP contribution in [-0.4, -0.2) is 53.2 Å². The Hall–Kier alpha value is -1.80. The number of urea groups is 1. The molecule has 1 fully saturated rings. The normalized spacial score (nSPS) is 18.7. The molecule has 0 unspecified atom stereocenters. The van der Waals surface area contributed by atoms with Crippen LogP contribution in [0.15, 0.2) is 0 Å². The minimum Gasteiger partial charge on any atom is -0.299 e. The second-order valence-corrected chi connectivity index (χ2v) is 4.55. The van der Waals surface area contributed by atoms with Gasteiger partial charge in [-0.1, -0.05) is 5.01 Å². The minimum absolute atomic E-state index is 0.213. The number of alkyl halides is 3. The molecule has 3 amide bonds. The van der Waals surface area contributed by atoms with E-state index in [1.54, 1.807) is 27.9 Å². The van der Waals surface area contributed by atoms with Crippen molar-refractivity contribution < 1.29 is 27.3 Å². The minimum atomic E-state index is -5.05. The molecule has 2 N–H and O–H groups in total. The first-order valence-corrected chi connectivity index (χ1v) is 5.01. The highest BCUT2D eigenvalue weighted by molar-refractivity contribution is 6.08. The predicted octanol–water partition coefficient (Wildman–Crippen LogP) is 0.0543. The lowest BCUT2D eigenvalue weighted by atomic mass is 10.1. The van der Waals surface area contributed by atoms with Crippen molar-refractivity contribution in [1.29, 1.82) is 0 Å². The summed E-state index contributed by atoms with van der Waals surface area (Å²) in [6, 6.07) is -0.818. The van der Waals surface area contributed by atoms with E-state index >= 15 is 0 Å². The van der Waals surface area contributed by atoms with Crippen LogP contribution in [0.5, 0.6) is 0 Å². The van der Waals surface area contributed by atoms with Crippen molar-refractivity contribution in [1.82, 2.24) is 15.8 Å². The molecule has 0 aromatic carbocycles. The van der Waals surface area contributed by atoms with Gasteiger partial charge in [0.05, 0.1) is 14.1 Å². The molecule has 9 heteroatoms. The number of rotatable bonds is 1. The molecule has 0 aromatic rings. The largest absolute Gasteiger partial charge is 0.474 e. The molecule has 1 rings (SSSR count). The second-order valence-electron chi connectivity index (χ2n) is 4.55. The van der Waals surface area contributed by atoms with Gasteiger partial charge in [-0.2, -0.15) is 18.6 Å². The van der Waals surface area contributed by atoms with Gasteiger partial charge in [-0.3, -0.25) is 14.7 Å². The molecule has 6 nitrogen and oxygen atoms in total. The van der Waals surface area contributed by atoms with Gasteiger partial charge in [0.15, 0.2) is 0 Å². The van der Waals surface area contributed by atoms with Crippen molar-refractivity contribution >= 4 is 17.8 Å². The standard InChI is InChI=1S/C9H13F3N4O2/c1-8(2)6(15(3)4)16(7(18)13-8)14-5(17)9(10,11)12/h1-4H3,(H-,13,14,17,18)/p+1. The molecule has 0 aromatic heterocycles. The lowest BCUT2D eigenvalue weighted by Crippen LogP contribution is -2.54. The summed E-state index contributed by atoms with van der Waals surface area (Å²) < 4.78 is 37.9. The molecule has 0 radical (unpaired) electrons. The van der Waals surface area contributed by atoms with Gasteiger partial charge in [-0.25, -0.2) is 4.79 Å². The van der Waals surface area contributed by atoms with E-state index in [2.05, 4.69) is 5.32 Å². The Labute approximate surface area is 101 Å². The molecule has 1 heterocycles. The highest BCUT2D eigenvalue weighted by Crippen LogP contribution is 2.19. The lowest BCUT2D eigenvalue weighted by molar-refractivity contribution is -0.472. The summed E-state index contributed by atoms with van der Waals surface area (Å²) in [7, 11) is 3.12. The van der Waals surface area contributed by atoms with Crippen LogP contribution in [0.1, 0.15) is 13.8 Å².